The lowest BCUT2D eigenvalue weighted by Gasteiger charge is -2.18. The van der Waals surface area contributed by atoms with Gasteiger partial charge in [0.25, 0.3) is 0 Å². The van der Waals surface area contributed by atoms with Crippen LogP contribution in [0.15, 0.2) is 24.3 Å². The van der Waals surface area contributed by atoms with Gasteiger partial charge in [0, 0.05) is 19.3 Å². The topological polar surface area (TPSA) is 78.9 Å². The van der Waals surface area contributed by atoms with Crippen molar-refractivity contribution in [2.24, 2.45) is 0 Å². The van der Waals surface area contributed by atoms with Gasteiger partial charge in [0.1, 0.15) is 13.2 Å². The number of esters is 3. The van der Waals surface area contributed by atoms with E-state index in [2.05, 4.69) is 45.1 Å². The Labute approximate surface area is 493 Å². The second-order valence-corrected chi connectivity index (χ2v) is 24.5. The monoisotopic (exact) mass is 1110 g/mol. The van der Waals surface area contributed by atoms with Crippen LogP contribution in [0.25, 0.3) is 0 Å². The van der Waals surface area contributed by atoms with E-state index in [-0.39, 0.29) is 31.1 Å². The fraction of sp³-hybridized carbons (Fsp3) is 0.904. The highest BCUT2D eigenvalue weighted by atomic mass is 16.6. The summed E-state index contributed by atoms with van der Waals surface area (Å²) in [5.74, 6) is -0.848. The molecule has 0 spiro atoms. The van der Waals surface area contributed by atoms with E-state index in [0.29, 0.717) is 19.3 Å². The number of ether oxygens (including phenoxy) is 3. The molecule has 0 saturated carbocycles. The molecule has 1 atom stereocenters. The maximum Gasteiger partial charge on any atom is 0.306 e. The van der Waals surface area contributed by atoms with Crippen molar-refractivity contribution >= 4 is 17.9 Å². The van der Waals surface area contributed by atoms with Crippen molar-refractivity contribution in [2.75, 3.05) is 13.2 Å². The minimum Gasteiger partial charge on any atom is -0.462 e. The first-order valence-electron chi connectivity index (χ1n) is 35.8. The molecule has 0 fully saturated rings. The molecular formula is C73H138O6. The molecule has 0 aliphatic carbocycles. The normalized spacial score (nSPS) is 12.1. The van der Waals surface area contributed by atoms with Crippen molar-refractivity contribution in [2.45, 2.75) is 412 Å². The Balaban J connectivity index is 3.92. The van der Waals surface area contributed by atoms with Gasteiger partial charge < -0.3 is 14.2 Å². The minimum atomic E-state index is -0.767. The molecular weight excluding hydrogens is 973 g/mol. The minimum absolute atomic E-state index is 0.0662. The fourth-order valence-electron chi connectivity index (χ4n) is 11.0. The summed E-state index contributed by atoms with van der Waals surface area (Å²) in [6, 6.07) is 0. The summed E-state index contributed by atoms with van der Waals surface area (Å²) in [5.41, 5.74) is 0. The van der Waals surface area contributed by atoms with Crippen LogP contribution in [0.1, 0.15) is 406 Å². The molecule has 0 aromatic rings. The van der Waals surface area contributed by atoms with E-state index >= 15 is 0 Å². The zero-order valence-corrected chi connectivity index (χ0v) is 53.7. The average molecular weight is 1110 g/mol. The maximum atomic E-state index is 12.9. The smallest absolute Gasteiger partial charge is 0.306 e. The molecule has 0 aliphatic rings. The predicted octanol–water partition coefficient (Wildman–Crippen LogP) is 24.6. The van der Waals surface area contributed by atoms with E-state index < -0.39 is 6.10 Å². The van der Waals surface area contributed by atoms with E-state index in [4.69, 9.17) is 14.2 Å². The SMILES string of the molecule is CCCCCCCC/C=C\CCCCCCCCCCCC(=O)OC(COC(=O)CCCCCCCCC)COC(=O)CCCCCCCCCCCCCCCCCCCCCCCCC/C=C\CCCCCCCCCC. The summed E-state index contributed by atoms with van der Waals surface area (Å²) in [5, 5.41) is 0. The van der Waals surface area contributed by atoms with Crippen LogP contribution in [0, 0.1) is 0 Å². The van der Waals surface area contributed by atoms with Gasteiger partial charge >= 0.3 is 17.9 Å². The van der Waals surface area contributed by atoms with Crippen LogP contribution in [-0.4, -0.2) is 37.2 Å². The van der Waals surface area contributed by atoms with Gasteiger partial charge in [-0.3, -0.25) is 14.4 Å². The molecule has 0 saturated heterocycles. The quantitative estimate of drug-likeness (QED) is 0.0261. The Morgan fingerprint density at radius 1 is 0.241 bits per heavy atom. The van der Waals surface area contributed by atoms with Gasteiger partial charge in [0.05, 0.1) is 0 Å². The summed E-state index contributed by atoms with van der Waals surface area (Å²) in [7, 11) is 0. The molecule has 0 aromatic heterocycles. The highest BCUT2D eigenvalue weighted by Crippen LogP contribution is 2.19. The lowest BCUT2D eigenvalue weighted by atomic mass is 10.0. The van der Waals surface area contributed by atoms with Crippen molar-refractivity contribution in [3.63, 3.8) is 0 Å². The highest BCUT2D eigenvalue weighted by Gasteiger charge is 2.19. The summed E-state index contributed by atoms with van der Waals surface area (Å²) < 4.78 is 16.9. The zero-order chi connectivity index (χ0) is 57.1. The molecule has 0 amide bonds. The maximum absolute atomic E-state index is 12.9. The van der Waals surface area contributed by atoms with Gasteiger partial charge in [0.2, 0.25) is 0 Å². The molecule has 0 N–H and O–H groups in total. The van der Waals surface area contributed by atoms with Gasteiger partial charge in [-0.25, -0.2) is 0 Å². The van der Waals surface area contributed by atoms with Crippen LogP contribution in [-0.2, 0) is 28.6 Å². The molecule has 0 bridgehead atoms. The van der Waals surface area contributed by atoms with E-state index in [0.717, 1.165) is 57.8 Å². The van der Waals surface area contributed by atoms with E-state index in [1.165, 1.54) is 308 Å². The van der Waals surface area contributed by atoms with E-state index in [1.807, 2.05) is 0 Å². The van der Waals surface area contributed by atoms with Crippen LogP contribution >= 0.6 is 0 Å². The summed E-state index contributed by atoms with van der Waals surface area (Å²) in [6.07, 6.45) is 84.0. The summed E-state index contributed by atoms with van der Waals surface area (Å²) in [4.78, 5) is 38.1. The molecule has 6 nitrogen and oxygen atoms in total. The van der Waals surface area contributed by atoms with Crippen molar-refractivity contribution in [3.8, 4) is 0 Å². The fourth-order valence-corrected chi connectivity index (χ4v) is 11.0. The average Bonchev–Trinajstić information content (AvgIpc) is 3.45. The first-order valence-corrected chi connectivity index (χ1v) is 35.8. The Morgan fingerprint density at radius 2 is 0.418 bits per heavy atom. The second-order valence-electron chi connectivity index (χ2n) is 24.5. The molecule has 79 heavy (non-hydrogen) atoms. The number of hydrogen-bond donors (Lipinski definition) is 0. The van der Waals surface area contributed by atoms with Gasteiger partial charge in [-0.15, -0.1) is 0 Å². The van der Waals surface area contributed by atoms with Crippen LogP contribution in [0.5, 0.6) is 0 Å². The first kappa shape index (κ1) is 76.9. The van der Waals surface area contributed by atoms with Crippen molar-refractivity contribution in [3.05, 3.63) is 24.3 Å². The number of allylic oxidation sites excluding steroid dienone is 4. The lowest BCUT2D eigenvalue weighted by molar-refractivity contribution is -0.167. The third kappa shape index (κ3) is 66.6. The molecule has 0 aromatic carbocycles. The number of rotatable bonds is 67. The van der Waals surface area contributed by atoms with Crippen molar-refractivity contribution in [1.82, 2.24) is 0 Å². The lowest BCUT2D eigenvalue weighted by Crippen LogP contribution is -2.30. The third-order valence-corrected chi connectivity index (χ3v) is 16.4. The van der Waals surface area contributed by atoms with Gasteiger partial charge in [-0.2, -0.15) is 0 Å². The molecule has 6 heteroatoms. The first-order chi connectivity index (χ1) is 39.0. The van der Waals surface area contributed by atoms with Crippen LogP contribution < -0.4 is 0 Å². The summed E-state index contributed by atoms with van der Waals surface area (Å²) >= 11 is 0. The van der Waals surface area contributed by atoms with Crippen LogP contribution in [0.2, 0.25) is 0 Å². The Kier molecular flexibility index (Phi) is 66.6. The standard InChI is InChI=1S/C73H138O6/c1-4-7-10-13-16-18-20-22-24-26-28-29-30-31-32-33-34-35-36-37-38-39-40-41-42-43-45-46-48-50-52-54-57-60-63-66-72(75)78-69-70(68-77-71(74)65-62-59-56-15-12-9-6-3)79-73(76)67-64-61-58-55-53-51-49-47-44-27-25-23-21-19-17-14-11-8-5-2/h23,25-26,28,70H,4-22,24,27,29-69H2,1-3H3/b25-23-,28-26-. The molecule has 0 radical (unpaired) electrons. The van der Waals surface area contributed by atoms with Crippen molar-refractivity contribution in [1.29, 1.82) is 0 Å². The summed E-state index contributed by atoms with van der Waals surface area (Å²) in [6.45, 7) is 6.66. The van der Waals surface area contributed by atoms with Gasteiger partial charge in [0.15, 0.2) is 6.10 Å². The number of unbranched alkanes of at least 4 members (excludes halogenated alkanes) is 52. The van der Waals surface area contributed by atoms with Crippen molar-refractivity contribution < 1.29 is 28.6 Å². The number of carbonyl (C=O) groups excluding carboxylic acids is 3. The number of hydrogen-bond acceptors (Lipinski definition) is 6. The van der Waals surface area contributed by atoms with E-state index in [1.54, 1.807) is 0 Å². The second kappa shape index (κ2) is 68.4. The van der Waals surface area contributed by atoms with E-state index in [9.17, 15) is 14.4 Å². The molecule has 0 aliphatic heterocycles. The zero-order valence-electron chi connectivity index (χ0n) is 53.7. The molecule has 0 rings (SSSR count). The Morgan fingerprint density at radius 3 is 0.633 bits per heavy atom. The Bertz CT molecular complexity index is 1270. The van der Waals surface area contributed by atoms with Crippen LogP contribution in [0.3, 0.4) is 0 Å². The third-order valence-electron chi connectivity index (χ3n) is 16.4. The largest absolute Gasteiger partial charge is 0.462 e. The van der Waals surface area contributed by atoms with Crippen LogP contribution in [0.4, 0.5) is 0 Å². The molecule has 0 heterocycles. The van der Waals surface area contributed by atoms with Gasteiger partial charge in [-0.1, -0.05) is 340 Å². The number of carbonyl (C=O) groups is 3. The highest BCUT2D eigenvalue weighted by molar-refractivity contribution is 5.71. The predicted molar refractivity (Wildman–Crippen MR) is 344 cm³/mol. The molecule has 466 valence electrons. The Hall–Kier alpha value is -2.11. The molecule has 1 unspecified atom stereocenters. The van der Waals surface area contributed by atoms with Gasteiger partial charge in [-0.05, 0) is 70.6 Å².